The molecule has 0 unspecified atom stereocenters. The normalized spacial score (nSPS) is 13.9. The fourth-order valence-corrected chi connectivity index (χ4v) is 3.62. The minimum atomic E-state index is -4.65. The summed E-state index contributed by atoms with van der Waals surface area (Å²) in [5.41, 5.74) is -0.0158. The number of anilines is 3. The van der Waals surface area contributed by atoms with Gasteiger partial charge < -0.3 is 25.0 Å². The summed E-state index contributed by atoms with van der Waals surface area (Å²) in [4.78, 5) is 27.4. The van der Waals surface area contributed by atoms with E-state index in [9.17, 15) is 18.0 Å². The number of benzene rings is 2. The van der Waals surface area contributed by atoms with E-state index in [4.69, 9.17) is 21.1 Å². The van der Waals surface area contributed by atoms with Gasteiger partial charge in [-0.3, -0.25) is 0 Å². The number of aromatic nitrogens is 3. The zero-order valence-corrected chi connectivity index (χ0v) is 20.1. The van der Waals surface area contributed by atoms with Crippen molar-refractivity contribution in [2.24, 2.45) is 0 Å². The quantitative estimate of drug-likeness (QED) is 0.460. The van der Waals surface area contributed by atoms with Crippen LogP contribution in [0.3, 0.4) is 0 Å². The highest BCUT2D eigenvalue weighted by molar-refractivity contribution is 6.31. The molecule has 0 aliphatic carbocycles. The summed E-state index contributed by atoms with van der Waals surface area (Å²) in [6.45, 7) is 5.98. The van der Waals surface area contributed by atoms with E-state index in [1.54, 1.807) is 25.1 Å². The van der Waals surface area contributed by atoms with Crippen LogP contribution in [0.15, 0.2) is 36.4 Å². The number of aryl methyl sites for hydroxylation is 2. The van der Waals surface area contributed by atoms with Crippen LogP contribution in [0.4, 0.5) is 35.3 Å². The van der Waals surface area contributed by atoms with Crippen LogP contribution < -0.4 is 20.3 Å². The topological polar surface area (TPSA) is 102 Å². The number of carbonyl (C=O) groups is 1. The Morgan fingerprint density at radius 3 is 2.39 bits per heavy atom. The molecular formula is C23H22ClF3N6O3. The maximum Gasteiger partial charge on any atom is 0.417 e. The maximum atomic E-state index is 13.1. The molecule has 0 saturated carbocycles. The lowest BCUT2D eigenvalue weighted by Gasteiger charge is -2.26. The standard InChI is InChI=1S/C23H22ClF3N6O3/c1-13-3-4-16(31-21(34)30-15-5-6-18(24)17(11-15)23(25,26)27)12-19(13)36-22-29-14(2)28-20(32-22)33-7-9-35-10-8-33/h3-6,11-12H,7-10H2,1-2H3,(H2,30,31,34). The fraction of sp³-hybridized carbons (Fsp3) is 0.304. The Morgan fingerprint density at radius 2 is 1.69 bits per heavy atom. The van der Waals surface area contributed by atoms with Crippen molar-refractivity contribution in [3.63, 3.8) is 0 Å². The van der Waals surface area contributed by atoms with Gasteiger partial charge in [-0.25, -0.2) is 4.79 Å². The number of hydrogen-bond donors (Lipinski definition) is 2. The van der Waals surface area contributed by atoms with Gasteiger partial charge in [0.15, 0.2) is 0 Å². The van der Waals surface area contributed by atoms with E-state index in [2.05, 4.69) is 25.6 Å². The number of nitrogens with zero attached hydrogens (tertiary/aromatic N) is 4. The number of alkyl halides is 3. The smallest absolute Gasteiger partial charge is 0.417 e. The number of nitrogens with one attached hydrogen (secondary N) is 2. The van der Waals surface area contributed by atoms with Crippen LogP contribution in [0.25, 0.3) is 0 Å². The highest BCUT2D eigenvalue weighted by Gasteiger charge is 2.33. The first-order chi connectivity index (χ1) is 17.1. The van der Waals surface area contributed by atoms with Gasteiger partial charge in [-0.1, -0.05) is 17.7 Å². The Balaban J connectivity index is 1.47. The molecule has 1 saturated heterocycles. The SMILES string of the molecule is Cc1nc(Oc2cc(NC(=O)Nc3ccc(Cl)c(C(F)(F)F)c3)ccc2C)nc(N2CCOCC2)n1. The van der Waals surface area contributed by atoms with Gasteiger partial charge in [0.1, 0.15) is 11.6 Å². The van der Waals surface area contributed by atoms with Crippen molar-refractivity contribution < 1.29 is 27.4 Å². The lowest BCUT2D eigenvalue weighted by atomic mass is 10.2. The third-order valence-corrected chi connectivity index (χ3v) is 5.52. The Labute approximate surface area is 209 Å². The van der Waals surface area contributed by atoms with E-state index >= 15 is 0 Å². The van der Waals surface area contributed by atoms with E-state index in [-0.39, 0.29) is 11.7 Å². The third-order valence-electron chi connectivity index (χ3n) is 5.19. The first-order valence-electron chi connectivity index (χ1n) is 10.9. The number of rotatable bonds is 5. The summed E-state index contributed by atoms with van der Waals surface area (Å²) in [5.74, 6) is 1.35. The molecule has 2 N–H and O–H groups in total. The lowest BCUT2D eigenvalue weighted by Crippen LogP contribution is -2.37. The molecule has 4 rings (SSSR count). The van der Waals surface area contributed by atoms with Crippen LogP contribution in [0.2, 0.25) is 5.02 Å². The predicted molar refractivity (Wildman–Crippen MR) is 128 cm³/mol. The second-order valence-electron chi connectivity index (χ2n) is 7.92. The minimum Gasteiger partial charge on any atom is -0.424 e. The molecule has 3 aromatic rings. The molecule has 9 nitrogen and oxygen atoms in total. The average molecular weight is 523 g/mol. The third kappa shape index (κ3) is 6.32. The Morgan fingerprint density at radius 1 is 1.03 bits per heavy atom. The van der Waals surface area contributed by atoms with Gasteiger partial charge in [-0.15, -0.1) is 0 Å². The van der Waals surface area contributed by atoms with Gasteiger partial charge in [0.25, 0.3) is 0 Å². The van der Waals surface area contributed by atoms with Crippen LogP contribution >= 0.6 is 11.6 Å². The minimum absolute atomic E-state index is 0.0656. The fourth-order valence-electron chi connectivity index (χ4n) is 3.39. The Kier molecular flexibility index (Phi) is 7.45. The number of morpholine rings is 1. The number of ether oxygens (including phenoxy) is 2. The summed E-state index contributed by atoms with van der Waals surface area (Å²) in [6, 6.07) is 7.36. The molecule has 1 aromatic heterocycles. The van der Waals surface area contributed by atoms with Gasteiger partial charge >= 0.3 is 18.2 Å². The second kappa shape index (κ2) is 10.5. The number of amides is 2. The summed E-state index contributed by atoms with van der Waals surface area (Å²) in [5, 5.41) is 4.48. The van der Waals surface area contributed by atoms with Crippen molar-refractivity contribution in [2.45, 2.75) is 20.0 Å². The molecule has 36 heavy (non-hydrogen) atoms. The Bertz CT molecular complexity index is 1270. The molecule has 0 atom stereocenters. The van der Waals surface area contributed by atoms with Crippen molar-refractivity contribution in [2.75, 3.05) is 41.8 Å². The average Bonchev–Trinajstić information content (AvgIpc) is 2.82. The van der Waals surface area contributed by atoms with Gasteiger partial charge in [0, 0.05) is 30.5 Å². The molecule has 2 amide bonds. The highest BCUT2D eigenvalue weighted by Crippen LogP contribution is 2.36. The van der Waals surface area contributed by atoms with Crippen LogP contribution in [0.5, 0.6) is 11.8 Å². The van der Waals surface area contributed by atoms with E-state index in [0.717, 1.165) is 17.7 Å². The van der Waals surface area contributed by atoms with Crippen LogP contribution in [0.1, 0.15) is 17.0 Å². The summed E-state index contributed by atoms with van der Waals surface area (Å²) in [6.07, 6.45) is -4.65. The molecule has 1 aliphatic rings. The number of hydrogen-bond acceptors (Lipinski definition) is 7. The molecule has 190 valence electrons. The zero-order valence-electron chi connectivity index (χ0n) is 19.3. The lowest BCUT2D eigenvalue weighted by molar-refractivity contribution is -0.137. The van der Waals surface area contributed by atoms with Gasteiger partial charge in [0.2, 0.25) is 5.95 Å². The highest BCUT2D eigenvalue weighted by atomic mass is 35.5. The summed E-state index contributed by atoms with van der Waals surface area (Å²) in [7, 11) is 0. The molecule has 2 aromatic carbocycles. The van der Waals surface area contributed by atoms with Crippen LogP contribution in [-0.4, -0.2) is 47.3 Å². The van der Waals surface area contributed by atoms with E-state index < -0.39 is 22.8 Å². The second-order valence-corrected chi connectivity index (χ2v) is 8.33. The molecular weight excluding hydrogens is 501 g/mol. The number of carbonyl (C=O) groups excluding carboxylic acids is 1. The van der Waals surface area contributed by atoms with E-state index in [1.807, 2.05) is 11.8 Å². The molecule has 0 spiro atoms. The van der Waals surface area contributed by atoms with Gasteiger partial charge in [-0.05, 0) is 43.7 Å². The molecule has 1 fully saturated rings. The van der Waals surface area contributed by atoms with Crippen molar-refractivity contribution in [3.05, 3.63) is 58.4 Å². The van der Waals surface area contributed by atoms with Gasteiger partial charge in [-0.2, -0.15) is 28.1 Å². The largest absolute Gasteiger partial charge is 0.424 e. The van der Waals surface area contributed by atoms with Gasteiger partial charge in [0.05, 0.1) is 23.8 Å². The maximum absolute atomic E-state index is 13.1. The summed E-state index contributed by atoms with van der Waals surface area (Å²) >= 11 is 5.62. The van der Waals surface area contributed by atoms with Crippen molar-refractivity contribution in [1.82, 2.24) is 15.0 Å². The number of urea groups is 1. The first kappa shape index (κ1) is 25.5. The Hall–Kier alpha value is -3.64. The molecule has 1 aliphatic heterocycles. The van der Waals surface area contributed by atoms with Crippen LogP contribution in [0, 0.1) is 13.8 Å². The molecule has 2 heterocycles. The molecule has 0 bridgehead atoms. The van der Waals surface area contributed by atoms with E-state index in [1.165, 1.54) is 6.07 Å². The zero-order chi connectivity index (χ0) is 25.9. The van der Waals surface area contributed by atoms with Crippen molar-refractivity contribution in [3.8, 4) is 11.8 Å². The molecule has 13 heteroatoms. The van der Waals surface area contributed by atoms with Crippen LogP contribution in [-0.2, 0) is 10.9 Å². The predicted octanol–water partition coefficient (Wildman–Crippen LogP) is 5.43. The van der Waals surface area contributed by atoms with Crippen molar-refractivity contribution >= 4 is 35.0 Å². The van der Waals surface area contributed by atoms with Crippen molar-refractivity contribution in [1.29, 1.82) is 0 Å². The monoisotopic (exact) mass is 522 g/mol. The first-order valence-corrected chi connectivity index (χ1v) is 11.2. The van der Waals surface area contributed by atoms with E-state index in [0.29, 0.717) is 49.5 Å². The summed E-state index contributed by atoms with van der Waals surface area (Å²) < 4.78 is 50.5. The number of halogens is 4. The molecule has 0 radical (unpaired) electrons.